The van der Waals surface area contributed by atoms with E-state index in [1.807, 2.05) is 0 Å². The summed E-state index contributed by atoms with van der Waals surface area (Å²) in [7, 11) is 0. The summed E-state index contributed by atoms with van der Waals surface area (Å²) in [5.41, 5.74) is -3.51. The molecule has 0 atom stereocenters. The third-order valence-corrected chi connectivity index (χ3v) is 2.89. The smallest absolute Gasteiger partial charge is 1.00 e. The maximum absolute atomic E-state index is 11.4. The van der Waals surface area contributed by atoms with Crippen molar-refractivity contribution in [2.45, 2.75) is 41.5 Å². The first-order valence-corrected chi connectivity index (χ1v) is 4.86. The first kappa shape index (κ1) is 18.1. The van der Waals surface area contributed by atoms with Crippen LogP contribution >= 0.6 is 0 Å². The summed E-state index contributed by atoms with van der Waals surface area (Å²) < 4.78 is 0. The Morgan fingerprint density at radius 1 is 0.812 bits per heavy atom. The quantitative estimate of drug-likeness (QED) is 0.574. The van der Waals surface area contributed by atoms with E-state index in [0.29, 0.717) is 0 Å². The van der Waals surface area contributed by atoms with Crippen molar-refractivity contribution in [3.05, 3.63) is 0 Å². The van der Waals surface area contributed by atoms with Gasteiger partial charge in [-0.3, -0.25) is 9.59 Å². The maximum Gasteiger partial charge on any atom is 2.00 e. The van der Waals surface area contributed by atoms with Gasteiger partial charge in [-0.15, -0.1) is 0 Å². The van der Waals surface area contributed by atoms with Gasteiger partial charge in [0.05, 0.1) is 0 Å². The molecule has 0 saturated heterocycles. The van der Waals surface area contributed by atoms with Crippen molar-refractivity contribution < 1.29 is 22.7 Å². The zero-order valence-electron chi connectivity index (χ0n) is 12.9. The van der Waals surface area contributed by atoms with E-state index in [2.05, 4.69) is 0 Å². The Bertz CT molecular complexity index is 262. The van der Waals surface area contributed by atoms with Crippen molar-refractivity contribution >= 4 is 35.0 Å². The Morgan fingerprint density at radius 2 is 1.00 bits per heavy atom. The minimum absolute atomic E-state index is 0. The van der Waals surface area contributed by atoms with E-state index in [9.17, 15) is 19.8 Å². The molecule has 2 N–H and O–H groups in total. The Labute approximate surface area is 116 Å². The van der Waals surface area contributed by atoms with E-state index >= 15 is 0 Å². The standard InChI is InChI=1S/C11H20O4.Mg.2H/c1-9(2,3)11(7(12)13,8(14)15)10(4,5)6;;;/h1-6H3,(H,12,13)(H,14,15);;;/q;+2;2*-1. The van der Waals surface area contributed by atoms with Crippen LogP contribution in [0.1, 0.15) is 44.4 Å². The summed E-state index contributed by atoms with van der Waals surface area (Å²) in [6.07, 6.45) is 0. The van der Waals surface area contributed by atoms with Crippen LogP contribution in [0.4, 0.5) is 0 Å². The van der Waals surface area contributed by atoms with Crippen molar-refractivity contribution in [1.29, 1.82) is 0 Å². The largest absolute Gasteiger partial charge is 2.00 e. The van der Waals surface area contributed by atoms with Gasteiger partial charge in [0.15, 0.2) is 5.41 Å². The van der Waals surface area contributed by atoms with Gasteiger partial charge >= 0.3 is 35.0 Å². The average molecular weight is 243 g/mol. The SMILES string of the molecule is CC(C)(C)C(C(=O)O)(C(=O)O)C(C)(C)C.[H-].[H-].[Mg+2]. The summed E-state index contributed by atoms with van der Waals surface area (Å²) in [6.45, 7) is 9.84. The molecule has 0 saturated carbocycles. The van der Waals surface area contributed by atoms with Crippen LogP contribution in [0.15, 0.2) is 0 Å². The van der Waals surface area contributed by atoms with E-state index in [4.69, 9.17) is 0 Å². The van der Waals surface area contributed by atoms with Gasteiger partial charge in [0, 0.05) is 0 Å². The van der Waals surface area contributed by atoms with Gasteiger partial charge in [0.2, 0.25) is 0 Å². The first-order valence-electron chi connectivity index (χ1n) is 4.86. The molecular formula is C11H22MgO4. The molecule has 92 valence electrons. The number of hydrogen-bond donors (Lipinski definition) is 2. The predicted molar refractivity (Wildman–Crippen MR) is 64.6 cm³/mol. The Hall–Kier alpha value is -0.294. The topological polar surface area (TPSA) is 74.6 Å². The maximum atomic E-state index is 11.4. The van der Waals surface area contributed by atoms with E-state index < -0.39 is 28.2 Å². The van der Waals surface area contributed by atoms with Gasteiger partial charge in [-0.05, 0) is 10.8 Å². The van der Waals surface area contributed by atoms with E-state index in [1.54, 1.807) is 41.5 Å². The molecule has 0 aliphatic rings. The van der Waals surface area contributed by atoms with Gasteiger partial charge in [0.25, 0.3) is 0 Å². The van der Waals surface area contributed by atoms with Gasteiger partial charge in [-0.1, -0.05) is 41.5 Å². The normalized spacial score (nSPS) is 12.9. The van der Waals surface area contributed by atoms with Crippen LogP contribution in [0.25, 0.3) is 0 Å². The second-order valence-corrected chi connectivity index (χ2v) is 5.86. The van der Waals surface area contributed by atoms with Crippen LogP contribution in [0.3, 0.4) is 0 Å². The van der Waals surface area contributed by atoms with E-state index in [0.717, 1.165) is 0 Å². The van der Waals surface area contributed by atoms with Crippen LogP contribution in [0, 0.1) is 16.2 Å². The van der Waals surface area contributed by atoms with Gasteiger partial charge in [-0.25, -0.2) is 0 Å². The second-order valence-electron chi connectivity index (χ2n) is 5.86. The van der Waals surface area contributed by atoms with Crippen LogP contribution in [0.2, 0.25) is 0 Å². The molecule has 0 heterocycles. The summed E-state index contributed by atoms with van der Waals surface area (Å²) >= 11 is 0. The Balaban J connectivity index is -0.000000327. The minimum atomic E-state index is -1.79. The van der Waals surface area contributed by atoms with Crippen molar-refractivity contribution in [3.63, 3.8) is 0 Å². The average Bonchev–Trinajstić information content (AvgIpc) is 1.75. The molecule has 0 spiro atoms. The van der Waals surface area contributed by atoms with Crippen LogP contribution in [-0.4, -0.2) is 45.2 Å². The molecular weight excluding hydrogens is 220 g/mol. The molecule has 0 aliphatic heterocycles. The van der Waals surface area contributed by atoms with E-state index in [1.165, 1.54) is 0 Å². The first-order chi connectivity index (χ1) is 6.39. The third kappa shape index (κ3) is 2.51. The molecule has 5 heteroatoms. The Morgan fingerprint density at radius 3 is 1.00 bits per heavy atom. The summed E-state index contributed by atoms with van der Waals surface area (Å²) in [6, 6.07) is 0. The molecule has 0 radical (unpaired) electrons. The number of aliphatic carboxylic acids is 2. The molecule has 0 amide bonds. The third-order valence-electron chi connectivity index (χ3n) is 2.89. The second kappa shape index (κ2) is 4.92. The molecule has 0 aromatic heterocycles. The molecule has 0 aromatic rings. The zero-order valence-corrected chi connectivity index (χ0v) is 12.3. The molecule has 0 bridgehead atoms. The fraction of sp³-hybridized carbons (Fsp3) is 0.818. The monoisotopic (exact) mass is 242 g/mol. The molecule has 0 aliphatic carbocycles. The molecule has 0 aromatic carbocycles. The number of carboxylic acids is 2. The van der Waals surface area contributed by atoms with Crippen LogP contribution in [-0.2, 0) is 9.59 Å². The zero-order chi connectivity index (χ0) is 12.7. The van der Waals surface area contributed by atoms with Crippen LogP contribution in [0.5, 0.6) is 0 Å². The van der Waals surface area contributed by atoms with Crippen LogP contribution < -0.4 is 0 Å². The summed E-state index contributed by atoms with van der Waals surface area (Å²) in [5, 5.41) is 18.6. The molecule has 0 unspecified atom stereocenters. The summed E-state index contributed by atoms with van der Waals surface area (Å²) in [5.74, 6) is -2.56. The van der Waals surface area contributed by atoms with Crippen molar-refractivity contribution in [2.24, 2.45) is 16.2 Å². The molecule has 0 rings (SSSR count). The molecule has 16 heavy (non-hydrogen) atoms. The Kier molecular flexibility index (Phi) is 5.56. The number of hydrogen-bond acceptors (Lipinski definition) is 2. The van der Waals surface area contributed by atoms with Crippen molar-refractivity contribution in [2.75, 3.05) is 0 Å². The van der Waals surface area contributed by atoms with Gasteiger partial charge in [-0.2, -0.15) is 0 Å². The summed E-state index contributed by atoms with van der Waals surface area (Å²) in [4.78, 5) is 22.8. The van der Waals surface area contributed by atoms with Crippen molar-refractivity contribution in [1.82, 2.24) is 0 Å². The van der Waals surface area contributed by atoms with E-state index in [-0.39, 0.29) is 25.9 Å². The number of rotatable bonds is 2. The molecule has 4 nitrogen and oxygen atoms in total. The molecule has 0 fully saturated rings. The fourth-order valence-electron chi connectivity index (χ4n) is 2.50. The minimum Gasteiger partial charge on any atom is -1.00 e. The van der Waals surface area contributed by atoms with Crippen molar-refractivity contribution in [3.8, 4) is 0 Å². The number of carboxylic acid groups (broad SMARTS) is 2. The van der Waals surface area contributed by atoms with Gasteiger partial charge < -0.3 is 13.1 Å². The predicted octanol–water partition coefficient (Wildman–Crippen LogP) is 2.08. The number of carbonyl (C=O) groups is 2. The van der Waals surface area contributed by atoms with Gasteiger partial charge in [0.1, 0.15) is 0 Å². The fourth-order valence-corrected chi connectivity index (χ4v) is 2.50.